The minimum atomic E-state index is 0.00185. The Morgan fingerprint density at radius 1 is 1.47 bits per heavy atom. The van der Waals surface area contributed by atoms with Gasteiger partial charge < -0.3 is 10.1 Å². The first kappa shape index (κ1) is 11.9. The van der Waals surface area contributed by atoms with E-state index in [1.165, 1.54) is 0 Å². The molecule has 0 saturated carbocycles. The molecule has 0 fully saturated rings. The molecule has 1 aromatic rings. The first-order valence-corrected chi connectivity index (χ1v) is 5.27. The second-order valence-electron chi connectivity index (χ2n) is 3.52. The van der Waals surface area contributed by atoms with Crippen molar-refractivity contribution in [1.82, 2.24) is 9.97 Å². The van der Waals surface area contributed by atoms with Crippen LogP contribution in [0, 0.1) is 6.92 Å². The summed E-state index contributed by atoms with van der Waals surface area (Å²) < 4.78 is 5.38. The van der Waals surface area contributed by atoms with Crippen LogP contribution in [0.3, 0.4) is 0 Å². The highest BCUT2D eigenvalue weighted by molar-refractivity contribution is 5.35. The van der Waals surface area contributed by atoms with Crippen LogP contribution in [0.15, 0.2) is 6.07 Å². The molecule has 0 saturated heterocycles. The van der Waals surface area contributed by atoms with E-state index >= 15 is 0 Å². The summed E-state index contributed by atoms with van der Waals surface area (Å²) in [5, 5.41) is 3.02. The third-order valence-corrected chi connectivity index (χ3v) is 2.25. The van der Waals surface area contributed by atoms with Gasteiger partial charge >= 0.3 is 0 Å². The maximum absolute atomic E-state index is 5.38. The Hall–Kier alpha value is -1.16. The minimum absolute atomic E-state index is 0.00185. The molecule has 0 radical (unpaired) electrons. The second-order valence-corrected chi connectivity index (χ2v) is 3.52. The molecule has 0 aliphatic rings. The van der Waals surface area contributed by atoms with E-state index in [-0.39, 0.29) is 6.10 Å². The first-order valence-electron chi connectivity index (χ1n) is 5.27. The molecule has 1 rings (SSSR count). The zero-order valence-electron chi connectivity index (χ0n) is 9.87. The van der Waals surface area contributed by atoms with Crippen molar-refractivity contribution in [2.45, 2.75) is 32.8 Å². The number of hydrogen-bond donors (Lipinski definition) is 1. The normalized spacial score (nSPS) is 12.5. The van der Waals surface area contributed by atoms with Gasteiger partial charge in [-0.25, -0.2) is 9.97 Å². The Bertz CT molecular complexity index is 315. The number of aromatic nitrogens is 2. The molecule has 4 nitrogen and oxygen atoms in total. The van der Waals surface area contributed by atoms with Crippen LogP contribution in [0.5, 0.6) is 0 Å². The lowest BCUT2D eigenvalue weighted by molar-refractivity contribution is 0.0876. The molecular formula is C11H19N3O. The molecule has 0 spiro atoms. The Morgan fingerprint density at radius 2 is 2.20 bits per heavy atom. The number of rotatable bonds is 5. The van der Waals surface area contributed by atoms with Gasteiger partial charge in [0.15, 0.2) is 5.82 Å². The molecule has 84 valence electrons. The predicted octanol–water partition coefficient (Wildman–Crippen LogP) is 2.31. The number of aryl methyl sites for hydroxylation is 1. The number of nitrogens with one attached hydrogen (secondary N) is 1. The van der Waals surface area contributed by atoms with Crippen LogP contribution in [0.2, 0.25) is 0 Å². The predicted molar refractivity (Wildman–Crippen MR) is 61.0 cm³/mol. The molecular weight excluding hydrogens is 190 g/mol. The average Bonchev–Trinajstić information content (AvgIpc) is 2.24. The molecule has 0 aliphatic heterocycles. The fourth-order valence-corrected chi connectivity index (χ4v) is 1.48. The van der Waals surface area contributed by atoms with E-state index in [0.717, 1.165) is 30.2 Å². The smallest absolute Gasteiger partial charge is 0.159 e. The minimum Gasteiger partial charge on any atom is -0.373 e. The molecule has 0 aliphatic carbocycles. The lowest BCUT2D eigenvalue weighted by atomic mass is 10.2. The van der Waals surface area contributed by atoms with Gasteiger partial charge in [0.25, 0.3) is 0 Å². The Kier molecular flexibility index (Phi) is 4.49. The van der Waals surface area contributed by atoms with Crippen LogP contribution in [0.25, 0.3) is 0 Å². The number of nitrogens with zero attached hydrogens (tertiary/aromatic N) is 2. The van der Waals surface area contributed by atoms with Crippen molar-refractivity contribution in [2.75, 3.05) is 19.5 Å². The van der Waals surface area contributed by atoms with Crippen LogP contribution >= 0.6 is 0 Å². The summed E-state index contributed by atoms with van der Waals surface area (Å²) in [7, 11) is 3.55. The van der Waals surface area contributed by atoms with Crippen LogP contribution in [-0.2, 0) is 4.74 Å². The van der Waals surface area contributed by atoms with Crippen molar-refractivity contribution >= 4 is 5.82 Å². The third kappa shape index (κ3) is 3.16. The summed E-state index contributed by atoms with van der Waals surface area (Å²) in [6.45, 7) is 4.09. The van der Waals surface area contributed by atoms with E-state index in [1.807, 2.05) is 20.0 Å². The Labute approximate surface area is 91.1 Å². The molecule has 1 heterocycles. The molecule has 0 bridgehead atoms. The van der Waals surface area contributed by atoms with Crippen LogP contribution in [0.4, 0.5) is 5.82 Å². The van der Waals surface area contributed by atoms with Gasteiger partial charge in [0, 0.05) is 25.9 Å². The Morgan fingerprint density at radius 3 is 2.73 bits per heavy atom. The standard InChI is InChI=1S/C11H19N3O/c1-5-6-9(15-4)11-13-8(2)7-10(12-3)14-11/h7,9H,5-6H2,1-4H3,(H,12,13,14). The maximum atomic E-state index is 5.38. The fraction of sp³-hybridized carbons (Fsp3) is 0.636. The van der Waals surface area contributed by atoms with E-state index < -0.39 is 0 Å². The molecule has 15 heavy (non-hydrogen) atoms. The number of methoxy groups -OCH3 is 1. The number of hydrogen-bond acceptors (Lipinski definition) is 4. The van der Waals surface area contributed by atoms with Crippen molar-refractivity contribution in [3.63, 3.8) is 0 Å². The SMILES string of the molecule is CCCC(OC)c1nc(C)cc(NC)n1. The van der Waals surface area contributed by atoms with Gasteiger partial charge in [-0.1, -0.05) is 13.3 Å². The van der Waals surface area contributed by atoms with Gasteiger partial charge in [-0.15, -0.1) is 0 Å². The third-order valence-electron chi connectivity index (χ3n) is 2.25. The Balaban J connectivity index is 2.95. The van der Waals surface area contributed by atoms with E-state index in [4.69, 9.17) is 4.74 Å². The zero-order chi connectivity index (χ0) is 11.3. The quantitative estimate of drug-likeness (QED) is 0.808. The molecule has 1 aromatic heterocycles. The summed E-state index contributed by atoms with van der Waals surface area (Å²) in [5.74, 6) is 1.61. The molecule has 1 atom stereocenters. The van der Waals surface area contributed by atoms with Crippen molar-refractivity contribution in [2.24, 2.45) is 0 Å². The van der Waals surface area contributed by atoms with Gasteiger partial charge in [-0.2, -0.15) is 0 Å². The molecule has 0 aromatic carbocycles. The van der Waals surface area contributed by atoms with Gasteiger partial charge in [-0.05, 0) is 13.3 Å². The number of anilines is 1. The van der Waals surface area contributed by atoms with E-state index in [9.17, 15) is 0 Å². The van der Waals surface area contributed by atoms with Crippen LogP contribution < -0.4 is 5.32 Å². The highest BCUT2D eigenvalue weighted by Gasteiger charge is 2.13. The first-order chi connectivity index (χ1) is 7.21. The van der Waals surface area contributed by atoms with Crippen molar-refractivity contribution in [3.8, 4) is 0 Å². The van der Waals surface area contributed by atoms with Crippen molar-refractivity contribution < 1.29 is 4.74 Å². The molecule has 1 N–H and O–H groups in total. The monoisotopic (exact) mass is 209 g/mol. The fourth-order valence-electron chi connectivity index (χ4n) is 1.48. The maximum Gasteiger partial charge on any atom is 0.159 e. The zero-order valence-corrected chi connectivity index (χ0v) is 9.87. The van der Waals surface area contributed by atoms with Crippen LogP contribution in [0.1, 0.15) is 37.4 Å². The van der Waals surface area contributed by atoms with Crippen molar-refractivity contribution in [1.29, 1.82) is 0 Å². The highest BCUT2D eigenvalue weighted by atomic mass is 16.5. The van der Waals surface area contributed by atoms with Gasteiger partial charge in [-0.3, -0.25) is 0 Å². The summed E-state index contributed by atoms with van der Waals surface area (Å²) in [5.41, 5.74) is 0.961. The van der Waals surface area contributed by atoms with E-state index in [0.29, 0.717) is 0 Å². The summed E-state index contributed by atoms with van der Waals surface area (Å²) in [6, 6.07) is 1.92. The summed E-state index contributed by atoms with van der Waals surface area (Å²) in [6.07, 6.45) is 2.01. The second kappa shape index (κ2) is 5.66. The molecule has 4 heteroatoms. The van der Waals surface area contributed by atoms with Gasteiger partial charge in [0.2, 0.25) is 0 Å². The lowest BCUT2D eigenvalue weighted by Gasteiger charge is -2.14. The lowest BCUT2D eigenvalue weighted by Crippen LogP contribution is -2.09. The summed E-state index contributed by atoms with van der Waals surface area (Å²) >= 11 is 0. The average molecular weight is 209 g/mol. The van der Waals surface area contributed by atoms with Gasteiger partial charge in [0.1, 0.15) is 11.9 Å². The van der Waals surface area contributed by atoms with Crippen LogP contribution in [-0.4, -0.2) is 24.1 Å². The number of ether oxygens (including phenoxy) is 1. The van der Waals surface area contributed by atoms with Gasteiger partial charge in [0.05, 0.1) is 0 Å². The highest BCUT2D eigenvalue weighted by Crippen LogP contribution is 2.20. The topological polar surface area (TPSA) is 47.0 Å². The van der Waals surface area contributed by atoms with E-state index in [2.05, 4.69) is 22.2 Å². The molecule has 0 amide bonds. The molecule has 1 unspecified atom stereocenters. The largest absolute Gasteiger partial charge is 0.373 e. The van der Waals surface area contributed by atoms with Crippen molar-refractivity contribution in [3.05, 3.63) is 17.6 Å². The summed E-state index contributed by atoms with van der Waals surface area (Å²) in [4.78, 5) is 8.79. The van der Waals surface area contributed by atoms with E-state index in [1.54, 1.807) is 7.11 Å².